The van der Waals surface area contributed by atoms with Crippen LogP contribution in [-0.4, -0.2) is 17.8 Å². The van der Waals surface area contributed by atoms with E-state index in [0.29, 0.717) is 0 Å². The van der Waals surface area contributed by atoms with Gasteiger partial charge in [-0.3, -0.25) is 0 Å². The number of carboxylic acids is 1. The Morgan fingerprint density at radius 3 is 2.11 bits per heavy atom. The molecule has 0 saturated carbocycles. The van der Waals surface area contributed by atoms with Crippen molar-refractivity contribution in [1.29, 1.82) is 0 Å². The number of thiol groups is 1. The minimum absolute atomic E-state index is 0. The molecule has 6 heteroatoms. The summed E-state index contributed by atoms with van der Waals surface area (Å²) in [7, 11) is 0. The topological polar surface area (TPSA) is 66.2 Å². The van der Waals surface area contributed by atoms with Crippen LogP contribution < -0.4 is 40.4 Å². The molecule has 1 unspecified atom stereocenters. The largest absolute Gasteiger partial charge is 1.00 e. The van der Waals surface area contributed by atoms with Gasteiger partial charge >= 0.3 is 29.6 Å². The summed E-state index contributed by atoms with van der Waals surface area (Å²) in [6.07, 6.45) is 0. The molecule has 0 aromatic heterocycles. The van der Waals surface area contributed by atoms with Crippen molar-refractivity contribution in [2.24, 2.45) is 5.73 Å². The Morgan fingerprint density at radius 1 is 1.78 bits per heavy atom. The second-order valence-electron chi connectivity index (χ2n) is 1.11. The molecule has 3 nitrogen and oxygen atoms in total. The van der Waals surface area contributed by atoms with Gasteiger partial charge < -0.3 is 15.6 Å². The molecule has 0 spiro atoms. The maximum Gasteiger partial charge on any atom is 1.00 e. The summed E-state index contributed by atoms with van der Waals surface area (Å²) in [6, 6.07) is -0.927. The molecule has 0 aliphatic rings. The SMILES string of the molecule is Cl.NC(CS)C(=O)[O-].[Na+]. The monoisotopic (exact) mass is 179 g/mol. The number of rotatable bonds is 2. The quantitative estimate of drug-likeness (QED) is 0.331. The second kappa shape index (κ2) is 9.07. The molecule has 0 bridgehead atoms. The van der Waals surface area contributed by atoms with Crippen molar-refractivity contribution in [3.63, 3.8) is 0 Å². The molecule has 50 valence electrons. The van der Waals surface area contributed by atoms with Gasteiger partial charge in [-0.2, -0.15) is 12.6 Å². The van der Waals surface area contributed by atoms with E-state index in [1.807, 2.05) is 0 Å². The van der Waals surface area contributed by atoms with Crippen LogP contribution in [0.3, 0.4) is 0 Å². The fourth-order valence-corrected chi connectivity index (χ4v) is 0.224. The fraction of sp³-hybridized carbons (Fsp3) is 0.667. The number of aliphatic carboxylic acids is 1. The van der Waals surface area contributed by atoms with Crippen LogP contribution in [0.4, 0.5) is 0 Å². The van der Waals surface area contributed by atoms with Crippen LogP contribution in [0, 0.1) is 0 Å². The van der Waals surface area contributed by atoms with Crippen molar-refractivity contribution in [2.45, 2.75) is 6.04 Å². The standard InChI is InChI=1S/C3H7NO2S.ClH.Na/c4-2(1-7)3(5)6;;/h2,7H,1,4H2,(H,5,6);1H;/q;;+1/p-1. The molecule has 0 aromatic rings. The van der Waals surface area contributed by atoms with E-state index in [1.54, 1.807) is 0 Å². The average Bonchev–Trinajstić information content (AvgIpc) is 1.65. The van der Waals surface area contributed by atoms with Crippen LogP contribution in [0.2, 0.25) is 0 Å². The Bertz CT molecular complexity index is 84.2. The number of nitrogens with two attached hydrogens (primary N) is 1. The molecule has 0 radical (unpaired) electrons. The van der Waals surface area contributed by atoms with E-state index < -0.39 is 12.0 Å². The van der Waals surface area contributed by atoms with Crippen LogP contribution in [0.25, 0.3) is 0 Å². The van der Waals surface area contributed by atoms with Crippen molar-refractivity contribution < 1.29 is 39.5 Å². The molecule has 0 amide bonds. The van der Waals surface area contributed by atoms with Crippen molar-refractivity contribution in [3.8, 4) is 0 Å². The van der Waals surface area contributed by atoms with Gasteiger partial charge in [0.15, 0.2) is 0 Å². The van der Waals surface area contributed by atoms with E-state index in [0.717, 1.165) is 0 Å². The Hall–Kier alpha value is 1.07. The van der Waals surface area contributed by atoms with Gasteiger partial charge in [0.1, 0.15) is 0 Å². The molecular weight excluding hydrogens is 173 g/mol. The van der Waals surface area contributed by atoms with Gasteiger partial charge in [-0.05, 0) is 0 Å². The average molecular weight is 180 g/mol. The van der Waals surface area contributed by atoms with Crippen molar-refractivity contribution >= 4 is 31.0 Å². The van der Waals surface area contributed by atoms with Gasteiger partial charge in [0.05, 0.1) is 12.0 Å². The Balaban J connectivity index is -0.000000180. The Morgan fingerprint density at radius 2 is 2.11 bits per heavy atom. The van der Waals surface area contributed by atoms with E-state index in [4.69, 9.17) is 5.73 Å². The van der Waals surface area contributed by atoms with Gasteiger partial charge in [0.25, 0.3) is 0 Å². The number of carbonyl (C=O) groups excluding carboxylic acids is 1. The number of carbonyl (C=O) groups is 1. The zero-order valence-electron chi connectivity index (χ0n) is 5.03. The maximum atomic E-state index is 9.65. The molecular formula is C3H7ClNNaO2S. The van der Waals surface area contributed by atoms with Crippen LogP contribution >= 0.6 is 25.0 Å². The third kappa shape index (κ3) is 9.07. The van der Waals surface area contributed by atoms with E-state index in [1.165, 1.54) is 0 Å². The number of hydrogen-bond donors (Lipinski definition) is 2. The Labute approximate surface area is 87.5 Å². The first kappa shape index (κ1) is 16.6. The minimum Gasteiger partial charge on any atom is -0.548 e. The first-order valence-corrected chi connectivity index (χ1v) is 2.39. The fourth-order valence-electron chi connectivity index (χ4n) is 0.0745. The van der Waals surface area contributed by atoms with E-state index in [-0.39, 0.29) is 47.7 Å². The zero-order chi connectivity index (χ0) is 5.86. The first-order chi connectivity index (χ1) is 3.18. The molecule has 0 saturated heterocycles. The normalized spacial score (nSPS) is 10.4. The van der Waals surface area contributed by atoms with Gasteiger partial charge in [-0.25, -0.2) is 0 Å². The van der Waals surface area contributed by atoms with Crippen LogP contribution in [0.1, 0.15) is 0 Å². The van der Waals surface area contributed by atoms with E-state index >= 15 is 0 Å². The van der Waals surface area contributed by atoms with Gasteiger partial charge in [-0.15, -0.1) is 12.4 Å². The van der Waals surface area contributed by atoms with E-state index in [2.05, 4.69) is 12.6 Å². The summed E-state index contributed by atoms with van der Waals surface area (Å²) in [5, 5.41) is 9.65. The van der Waals surface area contributed by atoms with Gasteiger partial charge in [0, 0.05) is 5.75 Å². The molecule has 9 heavy (non-hydrogen) atoms. The Kier molecular flexibility index (Phi) is 16.7. The van der Waals surface area contributed by atoms with E-state index in [9.17, 15) is 9.90 Å². The van der Waals surface area contributed by atoms with Crippen LogP contribution in [-0.2, 0) is 4.79 Å². The summed E-state index contributed by atoms with van der Waals surface area (Å²) in [5.41, 5.74) is 4.88. The molecule has 0 aliphatic carbocycles. The van der Waals surface area contributed by atoms with Crippen LogP contribution in [0.5, 0.6) is 0 Å². The van der Waals surface area contributed by atoms with Crippen molar-refractivity contribution in [2.75, 3.05) is 5.75 Å². The predicted octanol–water partition coefficient (Wildman–Crippen LogP) is -4.58. The summed E-state index contributed by atoms with van der Waals surface area (Å²) >= 11 is 3.61. The predicted molar refractivity (Wildman–Crippen MR) is 34.1 cm³/mol. The van der Waals surface area contributed by atoms with Crippen molar-refractivity contribution in [1.82, 2.24) is 0 Å². The van der Waals surface area contributed by atoms with Gasteiger partial charge in [0.2, 0.25) is 0 Å². The second-order valence-corrected chi connectivity index (χ2v) is 1.47. The summed E-state index contributed by atoms with van der Waals surface area (Å²) < 4.78 is 0. The van der Waals surface area contributed by atoms with Gasteiger partial charge in [-0.1, -0.05) is 0 Å². The van der Waals surface area contributed by atoms with Crippen molar-refractivity contribution in [3.05, 3.63) is 0 Å². The third-order valence-corrected chi connectivity index (χ3v) is 0.893. The number of carboxylic acid groups (broad SMARTS) is 1. The number of halogens is 1. The molecule has 0 aliphatic heterocycles. The molecule has 0 aromatic carbocycles. The first-order valence-electron chi connectivity index (χ1n) is 1.75. The summed E-state index contributed by atoms with van der Waals surface area (Å²) in [5.74, 6) is -1.13. The molecule has 2 N–H and O–H groups in total. The molecule has 0 rings (SSSR count). The minimum atomic E-state index is -1.25. The zero-order valence-corrected chi connectivity index (χ0v) is 8.74. The number of hydrogen-bond acceptors (Lipinski definition) is 4. The van der Waals surface area contributed by atoms with Crippen LogP contribution in [0.15, 0.2) is 0 Å². The smallest absolute Gasteiger partial charge is 0.548 e. The summed E-state index contributed by atoms with van der Waals surface area (Å²) in [4.78, 5) is 9.65. The maximum absolute atomic E-state index is 9.65. The molecule has 0 fully saturated rings. The summed E-state index contributed by atoms with van der Waals surface area (Å²) in [6.45, 7) is 0. The molecule has 1 atom stereocenters. The third-order valence-electron chi connectivity index (χ3n) is 0.499. The molecule has 0 heterocycles.